The smallest absolute Gasteiger partial charge is 0.225 e. The van der Waals surface area contributed by atoms with E-state index in [9.17, 15) is 0 Å². The number of piperazine rings is 1. The van der Waals surface area contributed by atoms with Crippen molar-refractivity contribution >= 4 is 29.5 Å². The summed E-state index contributed by atoms with van der Waals surface area (Å²) in [5.41, 5.74) is 0. The third-order valence-electron chi connectivity index (χ3n) is 5.07. The largest absolute Gasteiger partial charge is 0.338 e. The molecular weight excluding hydrogens is 378 g/mol. The summed E-state index contributed by atoms with van der Waals surface area (Å²) < 4.78 is 5.10. The Hall–Kier alpha value is -2.10. The molecule has 0 N–H and O–H groups in total. The Morgan fingerprint density at radius 1 is 1.07 bits per heavy atom. The predicted octanol–water partition coefficient (Wildman–Crippen LogP) is 3.05. The average Bonchev–Trinajstić information content (AvgIpc) is 3.29. The molecule has 1 saturated heterocycles. The Labute approximate surface area is 166 Å². The average molecular weight is 400 g/mol. The van der Waals surface area contributed by atoms with Gasteiger partial charge in [-0.2, -0.15) is 0 Å². The summed E-state index contributed by atoms with van der Waals surface area (Å²) in [5.74, 6) is 1.83. The molecule has 140 valence electrons. The fourth-order valence-corrected chi connectivity index (χ4v) is 4.52. The molecule has 3 aromatic rings. The van der Waals surface area contributed by atoms with Gasteiger partial charge in [-0.05, 0) is 42.6 Å². The Kier molecular flexibility index (Phi) is 4.50. The van der Waals surface area contributed by atoms with E-state index in [1.165, 1.54) is 17.7 Å². The van der Waals surface area contributed by atoms with Gasteiger partial charge in [0.15, 0.2) is 10.6 Å². The van der Waals surface area contributed by atoms with Gasteiger partial charge in [-0.15, -0.1) is 16.4 Å². The second kappa shape index (κ2) is 7.14. The predicted molar refractivity (Wildman–Crippen MR) is 108 cm³/mol. The summed E-state index contributed by atoms with van der Waals surface area (Å²) in [7, 11) is 0. The van der Waals surface area contributed by atoms with Crippen LogP contribution in [-0.4, -0.2) is 55.4 Å². The molecule has 1 aliphatic carbocycles. The molecule has 0 radical (unpaired) electrons. The SMILES string of the molecule is S=c1n(CN2CCN(c3ncccn3)CC2)nc(-c2cccs2)n1C1CC1. The lowest BCUT2D eigenvalue weighted by atomic mass is 10.3. The first-order chi connectivity index (χ1) is 13.3. The number of rotatable bonds is 5. The van der Waals surface area contributed by atoms with Gasteiger partial charge in [-0.1, -0.05) is 6.07 Å². The zero-order valence-electron chi connectivity index (χ0n) is 14.9. The summed E-state index contributed by atoms with van der Waals surface area (Å²) in [5, 5.41) is 6.99. The van der Waals surface area contributed by atoms with Crippen molar-refractivity contribution in [1.29, 1.82) is 0 Å². The van der Waals surface area contributed by atoms with Crippen LogP contribution in [0.5, 0.6) is 0 Å². The molecule has 9 heteroatoms. The standard InChI is InChI=1S/C18H21N7S2/c26-18-24(21-16(15-3-1-12-27-15)25(18)14-4-5-14)13-22-8-10-23(11-9-22)17-19-6-2-7-20-17/h1-3,6-7,12,14H,4-5,8-11,13H2. The summed E-state index contributed by atoms with van der Waals surface area (Å²) in [4.78, 5) is 14.5. The first kappa shape index (κ1) is 17.0. The van der Waals surface area contributed by atoms with E-state index in [-0.39, 0.29) is 0 Å². The molecule has 2 fully saturated rings. The van der Waals surface area contributed by atoms with Crippen molar-refractivity contribution in [2.75, 3.05) is 31.1 Å². The van der Waals surface area contributed by atoms with Crippen LogP contribution in [0.3, 0.4) is 0 Å². The molecule has 3 aromatic heterocycles. The van der Waals surface area contributed by atoms with Gasteiger partial charge in [0.25, 0.3) is 0 Å². The van der Waals surface area contributed by atoms with E-state index in [2.05, 4.69) is 41.8 Å². The van der Waals surface area contributed by atoms with E-state index in [1.54, 1.807) is 23.7 Å². The van der Waals surface area contributed by atoms with Crippen molar-refractivity contribution in [1.82, 2.24) is 29.2 Å². The lowest BCUT2D eigenvalue weighted by molar-refractivity contribution is 0.193. The molecule has 1 saturated carbocycles. The highest BCUT2D eigenvalue weighted by molar-refractivity contribution is 7.71. The first-order valence-electron chi connectivity index (χ1n) is 9.27. The second-order valence-corrected chi connectivity index (χ2v) is 8.29. The fourth-order valence-electron chi connectivity index (χ4n) is 3.48. The van der Waals surface area contributed by atoms with Gasteiger partial charge >= 0.3 is 0 Å². The fraction of sp³-hybridized carbons (Fsp3) is 0.444. The van der Waals surface area contributed by atoms with Crippen LogP contribution in [0.2, 0.25) is 0 Å². The highest BCUT2D eigenvalue weighted by Gasteiger charge is 2.30. The minimum Gasteiger partial charge on any atom is -0.338 e. The summed E-state index contributed by atoms with van der Waals surface area (Å²) in [6.45, 7) is 4.46. The van der Waals surface area contributed by atoms with Crippen molar-refractivity contribution in [3.8, 4) is 10.7 Å². The first-order valence-corrected chi connectivity index (χ1v) is 10.6. The van der Waals surface area contributed by atoms with E-state index in [1.807, 2.05) is 10.7 Å². The van der Waals surface area contributed by atoms with Gasteiger partial charge in [0.2, 0.25) is 5.95 Å². The molecule has 0 bridgehead atoms. The summed E-state index contributed by atoms with van der Waals surface area (Å²) >= 11 is 7.51. The molecular formula is C18H21N7S2. The lowest BCUT2D eigenvalue weighted by Crippen LogP contribution is -2.47. The van der Waals surface area contributed by atoms with Crippen molar-refractivity contribution in [3.05, 3.63) is 40.7 Å². The van der Waals surface area contributed by atoms with Crippen LogP contribution in [0.15, 0.2) is 36.0 Å². The van der Waals surface area contributed by atoms with Crippen LogP contribution >= 0.6 is 23.6 Å². The summed E-state index contributed by atoms with van der Waals surface area (Å²) in [6, 6.07) is 6.58. The highest BCUT2D eigenvalue weighted by Crippen LogP contribution is 2.39. The van der Waals surface area contributed by atoms with Crippen molar-refractivity contribution in [3.63, 3.8) is 0 Å². The Morgan fingerprint density at radius 2 is 1.85 bits per heavy atom. The maximum Gasteiger partial charge on any atom is 0.225 e. The number of aromatic nitrogens is 5. The molecule has 0 amide bonds. The monoisotopic (exact) mass is 399 g/mol. The molecule has 0 atom stereocenters. The van der Waals surface area contributed by atoms with Crippen LogP contribution in [-0.2, 0) is 6.67 Å². The summed E-state index contributed by atoms with van der Waals surface area (Å²) in [6.07, 6.45) is 6.00. The topological polar surface area (TPSA) is 55.0 Å². The molecule has 0 unspecified atom stereocenters. The van der Waals surface area contributed by atoms with Gasteiger partial charge in [-0.25, -0.2) is 14.6 Å². The Balaban J connectivity index is 1.32. The van der Waals surface area contributed by atoms with Crippen molar-refractivity contribution in [2.24, 2.45) is 0 Å². The number of anilines is 1. The van der Waals surface area contributed by atoms with Gasteiger partial charge in [0, 0.05) is 44.6 Å². The van der Waals surface area contributed by atoms with Gasteiger partial charge < -0.3 is 4.90 Å². The van der Waals surface area contributed by atoms with Crippen molar-refractivity contribution < 1.29 is 0 Å². The zero-order chi connectivity index (χ0) is 18.2. The quantitative estimate of drug-likeness (QED) is 0.615. The van der Waals surface area contributed by atoms with E-state index in [0.29, 0.717) is 6.04 Å². The maximum absolute atomic E-state index is 5.78. The third-order valence-corrected chi connectivity index (χ3v) is 6.34. The number of hydrogen-bond donors (Lipinski definition) is 0. The number of nitrogens with zero attached hydrogens (tertiary/aromatic N) is 7. The molecule has 0 aromatic carbocycles. The zero-order valence-corrected chi connectivity index (χ0v) is 16.6. The van der Waals surface area contributed by atoms with Crippen molar-refractivity contribution in [2.45, 2.75) is 25.6 Å². The van der Waals surface area contributed by atoms with Crippen LogP contribution in [0, 0.1) is 4.77 Å². The molecule has 1 aliphatic heterocycles. The van der Waals surface area contributed by atoms with E-state index < -0.39 is 0 Å². The Bertz CT molecular complexity index is 952. The van der Waals surface area contributed by atoms with E-state index in [0.717, 1.165) is 49.4 Å². The third kappa shape index (κ3) is 3.42. The lowest BCUT2D eigenvalue weighted by Gasteiger charge is -2.34. The molecule has 27 heavy (non-hydrogen) atoms. The van der Waals surface area contributed by atoms with Gasteiger partial charge in [0.05, 0.1) is 11.5 Å². The number of hydrogen-bond acceptors (Lipinski definition) is 7. The minimum atomic E-state index is 0.524. The van der Waals surface area contributed by atoms with Gasteiger partial charge in [-0.3, -0.25) is 9.47 Å². The molecule has 4 heterocycles. The number of thiophene rings is 1. The minimum absolute atomic E-state index is 0.524. The van der Waals surface area contributed by atoms with E-state index in [4.69, 9.17) is 17.3 Å². The molecule has 2 aliphatic rings. The molecule has 0 spiro atoms. The van der Waals surface area contributed by atoms with Crippen LogP contribution in [0.4, 0.5) is 5.95 Å². The van der Waals surface area contributed by atoms with Crippen LogP contribution < -0.4 is 4.90 Å². The normalized spacial score (nSPS) is 18.1. The maximum atomic E-state index is 5.78. The van der Waals surface area contributed by atoms with E-state index >= 15 is 0 Å². The second-order valence-electron chi connectivity index (χ2n) is 6.98. The Morgan fingerprint density at radius 3 is 2.52 bits per heavy atom. The molecule has 5 rings (SSSR count). The molecule has 7 nitrogen and oxygen atoms in total. The highest BCUT2D eigenvalue weighted by atomic mass is 32.1. The van der Waals surface area contributed by atoms with Crippen LogP contribution in [0.25, 0.3) is 10.7 Å². The van der Waals surface area contributed by atoms with Gasteiger partial charge in [0.1, 0.15) is 0 Å². The van der Waals surface area contributed by atoms with Crippen LogP contribution in [0.1, 0.15) is 18.9 Å².